The maximum atomic E-state index is 12.4. The summed E-state index contributed by atoms with van der Waals surface area (Å²) in [6.45, 7) is 0. The molecule has 2 aromatic carbocycles. The molecular formula is C19H14BrNO6. The minimum absolute atomic E-state index is 0.160. The van der Waals surface area contributed by atoms with Crippen molar-refractivity contribution >= 4 is 38.8 Å². The van der Waals surface area contributed by atoms with Crippen molar-refractivity contribution in [1.29, 1.82) is 0 Å². The molecule has 138 valence electrons. The number of carbonyl (C=O) groups excluding carboxylic acids is 2. The van der Waals surface area contributed by atoms with E-state index in [9.17, 15) is 14.4 Å². The average molecular weight is 432 g/mol. The van der Waals surface area contributed by atoms with Crippen molar-refractivity contribution in [3.05, 3.63) is 74.6 Å². The Balaban J connectivity index is 1.96. The second kappa shape index (κ2) is 7.63. The maximum absolute atomic E-state index is 12.4. The molecule has 1 aromatic heterocycles. The van der Waals surface area contributed by atoms with Crippen molar-refractivity contribution < 1.29 is 23.5 Å². The van der Waals surface area contributed by atoms with Crippen LogP contribution in [-0.4, -0.2) is 19.0 Å². The summed E-state index contributed by atoms with van der Waals surface area (Å²) in [5.41, 5.74) is 5.44. The molecule has 1 atom stereocenters. The molecule has 0 saturated carbocycles. The third-order valence-electron chi connectivity index (χ3n) is 3.79. The zero-order valence-electron chi connectivity index (χ0n) is 14.1. The smallest absolute Gasteiger partial charge is 0.375 e. The first-order valence-corrected chi connectivity index (χ1v) is 8.56. The predicted octanol–water partition coefficient (Wildman–Crippen LogP) is 2.95. The Hall–Kier alpha value is -3.13. The van der Waals surface area contributed by atoms with Gasteiger partial charge in [-0.15, -0.1) is 0 Å². The van der Waals surface area contributed by atoms with Gasteiger partial charge in [-0.25, -0.2) is 4.79 Å². The van der Waals surface area contributed by atoms with Gasteiger partial charge in [0.05, 0.1) is 7.11 Å². The molecule has 0 bridgehead atoms. The van der Waals surface area contributed by atoms with Gasteiger partial charge in [-0.1, -0.05) is 34.1 Å². The minimum atomic E-state index is -1.32. The van der Waals surface area contributed by atoms with Crippen molar-refractivity contribution in [2.45, 2.75) is 6.10 Å². The highest BCUT2D eigenvalue weighted by atomic mass is 79.9. The fraction of sp³-hybridized carbons (Fsp3) is 0.105. The second-order valence-electron chi connectivity index (χ2n) is 5.55. The van der Waals surface area contributed by atoms with Gasteiger partial charge in [0.2, 0.25) is 11.9 Å². The molecule has 0 saturated heterocycles. The molecule has 1 amide bonds. The third-order valence-corrected chi connectivity index (χ3v) is 4.32. The van der Waals surface area contributed by atoms with Crippen LogP contribution in [0.4, 0.5) is 0 Å². The van der Waals surface area contributed by atoms with Gasteiger partial charge < -0.3 is 19.6 Å². The molecule has 8 heteroatoms. The van der Waals surface area contributed by atoms with Gasteiger partial charge in [-0.2, -0.15) is 0 Å². The quantitative estimate of drug-likeness (QED) is 0.621. The molecule has 1 heterocycles. The Kier molecular flexibility index (Phi) is 5.27. The third kappa shape index (κ3) is 3.85. The highest BCUT2D eigenvalue weighted by Crippen LogP contribution is 2.25. The van der Waals surface area contributed by atoms with Crippen LogP contribution in [0.25, 0.3) is 11.0 Å². The molecule has 0 fully saturated rings. The summed E-state index contributed by atoms with van der Waals surface area (Å²) in [7, 11) is 1.42. The van der Waals surface area contributed by atoms with Crippen molar-refractivity contribution in [2.24, 2.45) is 5.73 Å². The largest absolute Gasteiger partial charge is 0.496 e. The summed E-state index contributed by atoms with van der Waals surface area (Å²) in [5, 5.41) is 0.205. The van der Waals surface area contributed by atoms with Crippen LogP contribution >= 0.6 is 15.9 Å². The zero-order chi connectivity index (χ0) is 19.6. The first-order valence-electron chi connectivity index (χ1n) is 7.77. The Morgan fingerprint density at radius 1 is 1.15 bits per heavy atom. The number of benzene rings is 2. The topological polar surface area (TPSA) is 109 Å². The monoisotopic (exact) mass is 431 g/mol. The van der Waals surface area contributed by atoms with Gasteiger partial charge in [0.15, 0.2) is 5.43 Å². The molecule has 2 N–H and O–H groups in total. The van der Waals surface area contributed by atoms with Crippen molar-refractivity contribution in [3.8, 4) is 5.75 Å². The predicted molar refractivity (Wildman–Crippen MR) is 101 cm³/mol. The molecule has 3 aromatic rings. The first kappa shape index (κ1) is 18.7. The molecule has 1 unspecified atom stereocenters. The Morgan fingerprint density at radius 2 is 1.85 bits per heavy atom. The van der Waals surface area contributed by atoms with Gasteiger partial charge in [-0.05, 0) is 24.3 Å². The standard InChI is InChI=1S/C19H14BrNO6/c1-25-13-3-2-4-14-16(13)12(22)9-15(26-14)19(24)27-17(18(21)23)10-5-7-11(20)8-6-10/h2-9,17H,1H3,(H2,21,23). The molecule has 3 rings (SSSR count). The lowest BCUT2D eigenvalue weighted by molar-refractivity contribution is -0.127. The van der Waals surface area contributed by atoms with E-state index in [0.717, 1.165) is 10.5 Å². The molecule has 0 aliphatic heterocycles. The molecule has 0 radical (unpaired) electrons. The van der Waals surface area contributed by atoms with Crippen LogP contribution in [-0.2, 0) is 9.53 Å². The van der Waals surface area contributed by atoms with E-state index >= 15 is 0 Å². The number of hydrogen-bond acceptors (Lipinski definition) is 6. The van der Waals surface area contributed by atoms with Gasteiger partial charge in [0.25, 0.3) is 5.91 Å². The average Bonchev–Trinajstić information content (AvgIpc) is 2.65. The van der Waals surface area contributed by atoms with E-state index in [4.69, 9.17) is 19.6 Å². The summed E-state index contributed by atoms with van der Waals surface area (Å²) < 4.78 is 16.6. The zero-order valence-corrected chi connectivity index (χ0v) is 15.7. The van der Waals surface area contributed by atoms with Gasteiger partial charge in [0.1, 0.15) is 16.7 Å². The SMILES string of the molecule is COc1cccc2oc(C(=O)OC(C(N)=O)c3ccc(Br)cc3)cc(=O)c12. The molecule has 0 aliphatic carbocycles. The highest BCUT2D eigenvalue weighted by molar-refractivity contribution is 9.10. The molecule has 7 nitrogen and oxygen atoms in total. The maximum Gasteiger partial charge on any atom is 0.375 e. The summed E-state index contributed by atoms with van der Waals surface area (Å²) in [6, 6.07) is 12.3. The highest BCUT2D eigenvalue weighted by Gasteiger charge is 2.25. The van der Waals surface area contributed by atoms with E-state index in [1.165, 1.54) is 13.2 Å². The van der Waals surface area contributed by atoms with E-state index in [0.29, 0.717) is 11.3 Å². The number of nitrogens with two attached hydrogens (primary N) is 1. The number of halogens is 1. The summed E-state index contributed by atoms with van der Waals surface area (Å²) in [6.07, 6.45) is -1.32. The Bertz CT molecular complexity index is 1070. The Morgan fingerprint density at radius 3 is 2.48 bits per heavy atom. The first-order chi connectivity index (χ1) is 12.9. The number of rotatable bonds is 5. The number of esters is 1. The van der Waals surface area contributed by atoms with Crippen LogP contribution in [0.2, 0.25) is 0 Å². The van der Waals surface area contributed by atoms with Gasteiger partial charge in [0, 0.05) is 16.1 Å². The fourth-order valence-electron chi connectivity index (χ4n) is 2.54. The van der Waals surface area contributed by atoms with E-state index in [1.807, 2.05) is 0 Å². The number of primary amides is 1. The minimum Gasteiger partial charge on any atom is -0.496 e. The molecule has 0 aliphatic rings. The van der Waals surface area contributed by atoms with Crippen LogP contribution in [0.3, 0.4) is 0 Å². The number of amides is 1. The van der Waals surface area contributed by atoms with Crippen molar-refractivity contribution in [2.75, 3.05) is 7.11 Å². The lowest BCUT2D eigenvalue weighted by atomic mass is 10.1. The van der Waals surface area contributed by atoms with Crippen LogP contribution in [0.5, 0.6) is 5.75 Å². The number of hydrogen-bond donors (Lipinski definition) is 1. The van der Waals surface area contributed by atoms with Gasteiger partial charge in [-0.3, -0.25) is 9.59 Å². The lowest BCUT2D eigenvalue weighted by Gasteiger charge is -2.15. The number of fused-ring (bicyclic) bond motifs is 1. The van der Waals surface area contributed by atoms with Crippen LogP contribution in [0, 0.1) is 0 Å². The Labute approximate surface area is 161 Å². The van der Waals surface area contributed by atoms with Crippen molar-refractivity contribution in [3.63, 3.8) is 0 Å². The van der Waals surface area contributed by atoms with Crippen LogP contribution in [0.15, 0.2) is 62.2 Å². The molecular weight excluding hydrogens is 418 g/mol. The van der Waals surface area contributed by atoms with E-state index < -0.39 is 23.4 Å². The summed E-state index contributed by atoms with van der Waals surface area (Å²) in [5.74, 6) is -1.85. The fourth-order valence-corrected chi connectivity index (χ4v) is 2.81. The number of methoxy groups -OCH3 is 1. The van der Waals surface area contributed by atoms with Crippen molar-refractivity contribution in [1.82, 2.24) is 0 Å². The van der Waals surface area contributed by atoms with E-state index in [-0.39, 0.29) is 16.7 Å². The number of ether oxygens (including phenoxy) is 2. The van der Waals surface area contributed by atoms with Gasteiger partial charge >= 0.3 is 5.97 Å². The normalized spacial score (nSPS) is 11.8. The molecule has 0 spiro atoms. The summed E-state index contributed by atoms with van der Waals surface area (Å²) in [4.78, 5) is 36.6. The second-order valence-corrected chi connectivity index (χ2v) is 6.46. The van der Waals surface area contributed by atoms with E-state index in [1.54, 1.807) is 36.4 Å². The number of carbonyl (C=O) groups is 2. The summed E-state index contributed by atoms with van der Waals surface area (Å²) >= 11 is 3.28. The van der Waals surface area contributed by atoms with Crippen LogP contribution < -0.4 is 15.9 Å². The van der Waals surface area contributed by atoms with E-state index in [2.05, 4.69) is 15.9 Å². The lowest BCUT2D eigenvalue weighted by Crippen LogP contribution is -2.26. The molecule has 27 heavy (non-hydrogen) atoms. The van der Waals surface area contributed by atoms with Crippen LogP contribution in [0.1, 0.15) is 22.2 Å².